The Bertz CT molecular complexity index is 515. The van der Waals surface area contributed by atoms with E-state index in [1.165, 1.54) is 64.1 Å². The van der Waals surface area contributed by atoms with Gasteiger partial charge in [0.05, 0.1) is 6.04 Å². The number of nitrogens with one attached hydrogen (secondary N) is 1. The predicted molar refractivity (Wildman–Crippen MR) is 105 cm³/mol. The van der Waals surface area contributed by atoms with Crippen molar-refractivity contribution >= 4 is 5.91 Å². The number of rotatable bonds is 5. The van der Waals surface area contributed by atoms with E-state index < -0.39 is 0 Å². The molecule has 0 saturated heterocycles. The molecule has 2 rings (SSSR count). The molecule has 3 N–H and O–H groups in total. The van der Waals surface area contributed by atoms with Gasteiger partial charge in [-0.3, -0.25) is 4.79 Å². The van der Waals surface area contributed by atoms with Crippen LogP contribution in [0.15, 0.2) is 10.7 Å². The van der Waals surface area contributed by atoms with Crippen LogP contribution in [0.4, 0.5) is 0 Å². The molecule has 1 aliphatic rings. The van der Waals surface area contributed by atoms with Crippen LogP contribution in [-0.2, 0) is 0 Å². The zero-order valence-corrected chi connectivity index (χ0v) is 16.6. The number of aromatic nitrogens is 1. The van der Waals surface area contributed by atoms with Gasteiger partial charge in [0.25, 0.3) is 5.91 Å². The fourth-order valence-electron chi connectivity index (χ4n) is 3.74. The zero-order valence-electron chi connectivity index (χ0n) is 16.6. The lowest BCUT2D eigenvalue weighted by atomic mass is 9.98. The number of hydrogen-bond donors (Lipinski definition) is 2. The molecule has 26 heavy (non-hydrogen) atoms. The van der Waals surface area contributed by atoms with Crippen molar-refractivity contribution in [2.75, 3.05) is 0 Å². The van der Waals surface area contributed by atoms with Crippen LogP contribution in [0, 0.1) is 5.92 Å². The van der Waals surface area contributed by atoms with Crippen molar-refractivity contribution in [3.8, 4) is 0 Å². The van der Waals surface area contributed by atoms with E-state index in [-0.39, 0.29) is 18.0 Å². The van der Waals surface area contributed by atoms with E-state index in [1.54, 1.807) is 0 Å². The van der Waals surface area contributed by atoms with Crippen molar-refractivity contribution in [1.29, 1.82) is 0 Å². The second-order valence-corrected chi connectivity index (χ2v) is 8.24. The molecule has 1 heterocycles. The normalized spacial score (nSPS) is 19.5. The first-order valence-electron chi connectivity index (χ1n) is 10.6. The van der Waals surface area contributed by atoms with E-state index in [0.29, 0.717) is 17.5 Å². The van der Waals surface area contributed by atoms with E-state index >= 15 is 0 Å². The lowest BCUT2D eigenvalue weighted by Crippen LogP contribution is -2.35. The number of carbonyl (C=O) groups is 1. The average Bonchev–Trinajstić information content (AvgIpc) is 3.07. The molecule has 1 aromatic heterocycles. The van der Waals surface area contributed by atoms with Gasteiger partial charge in [0, 0.05) is 6.04 Å². The molecule has 1 amide bonds. The molecule has 0 aliphatic heterocycles. The van der Waals surface area contributed by atoms with Crippen LogP contribution in [0.25, 0.3) is 0 Å². The third-order valence-electron chi connectivity index (χ3n) is 5.24. The first-order valence-corrected chi connectivity index (χ1v) is 10.6. The number of nitrogens with zero attached hydrogens (tertiary/aromatic N) is 1. The summed E-state index contributed by atoms with van der Waals surface area (Å²) in [5, 5.41) is 3.18. The lowest BCUT2D eigenvalue weighted by Gasteiger charge is -2.19. The van der Waals surface area contributed by atoms with Gasteiger partial charge >= 0.3 is 0 Å². The Kier molecular flexibility index (Phi) is 9.16. The summed E-state index contributed by atoms with van der Waals surface area (Å²) < 4.78 is 5.45. The molecular weight excluding hydrogens is 326 g/mol. The monoisotopic (exact) mass is 363 g/mol. The third-order valence-corrected chi connectivity index (χ3v) is 5.24. The standard InChI is InChI=1S/C21H37N3O2/c1-16(2)14-18(22)21-24-19(15-26-21)20(25)23-17-12-10-8-6-4-3-5-7-9-11-13-17/h15-18H,3-14,22H2,1-2H3,(H,23,25). The fraction of sp³-hybridized carbons (Fsp3) is 0.810. The van der Waals surface area contributed by atoms with Gasteiger partial charge in [-0.05, 0) is 25.2 Å². The van der Waals surface area contributed by atoms with Crippen molar-refractivity contribution in [2.24, 2.45) is 11.7 Å². The van der Waals surface area contributed by atoms with Gasteiger partial charge in [0.15, 0.2) is 5.69 Å². The molecule has 0 radical (unpaired) electrons. The summed E-state index contributed by atoms with van der Waals surface area (Å²) in [6.45, 7) is 4.22. The highest BCUT2D eigenvalue weighted by Gasteiger charge is 2.20. The molecule has 1 unspecified atom stereocenters. The van der Waals surface area contributed by atoms with Crippen LogP contribution in [0.2, 0.25) is 0 Å². The van der Waals surface area contributed by atoms with E-state index in [9.17, 15) is 4.79 Å². The maximum Gasteiger partial charge on any atom is 0.273 e. The fourth-order valence-corrected chi connectivity index (χ4v) is 3.74. The molecule has 1 aromatic rings. The molecule has 0 spiro atoms. The Morgan fingerprint density at radius 3 is 2.19 bits per heavy atom. The summed E-state index contributed by atoms with van der Waals surface area (Å²) in [4.78, 5) is 16.9. The van der Waals surface area contributed by atoms with Crippen LogP contribution in [0.3, 0.4) is 0 Å². The highest BCUT2D eigenvalue weighted by Crippen LogP contribution is 2.19. The molecule has 1 saturated carbocycles. The second-order valence-electron chi connectivity index (χ2n) is 8.24. The Morgan fingerprint density at radius 2 is 1.65 bits per heavy atom. The van der Waals surface area contributed by atoms with Gasteiger partial charge in [0.2, 0.25) is 5.89 Å². The van der Waals surface area contributed by atoms with Gasteiger partial charge in [-0.2, -0.15) is 0 Å². The molecule has 148 valence electrons. The van der Waals surface area contributed by atoms with E-state index in [1.807, 2.05) is 0 Å². The quantitative estimate of drug-likeness (QED) is 0.760. The summed E-state index contributed by atoms with van der Waals surface area (Å²) >= 11 is 0. The predicted octanol–water partition coefficient (Wildman–Crippen LogP) is 5.12. The zero-order chi connectivity index (χ0) is 18.8. The Labute approximate surface area is 158 Å². The van der Waals surface area contributed by atoms with E-state index in [4.69, 9.17) is 10.2 Å². The maximum atomic E-state index is 12.6. The number of nitrogens with two attached hydrogens (primary N) is 1. The van der Waals surface area contributed by atoms with Gasteiger partial charge in [-0.15, -0.1) is 0 Å². The maximum absolute atomic E-state index is 12.6. The molecule has 5 heteroatoms. The van der Waals surface area contributed by atoms with Crippen molar-refractivity contribution in [2.45, 2.75) is 103 Å². The summed E-state index contributed by atoms with van der Waals surface area (Å²) in [7, 11) is 0. The third kappa shape index (κ3) is 7.48. The van der Waals surface area contributed by atoms with Gasteiger partial charge in [0.1, 0.15) is 6.26 Å². The first-order chi connectivity index (χ1) is 12.6. The Balaban J connectivity index is 1.88. The molecule has 0 bridgehead atoms. The Morgan fingerprint density at radius 1 is 1.12 bits per heavy atom. The second kappa shape index (κ2) is 11.4. The van der Waals surface area contributed by atoms with Gasteiger partial charge in [-0.1, -0.05) is 71.6 Å². The van der Waals surface area contributed by atoms with Crippen molar-refractivity contribution in [1.82, 2.24) is 10.3 Å². The lowest BCUT2D eigenvalue weighted by molar-refractivity contribution is 0.0926. The highest BCUT2D eigenvalue weighted by molar-refractivity contribution is 5.92. The van der Waals surface area contributed by atoms with Crippen LogP contribution in [-0.4, -0.2) is 16.9 Å². The molecular formula is C21H37N3O2. The van der Waals surface area contributed by atoms with Gasteiger partial charge in [-0.25, -0.2) is 4.98 Å². The van der Waals surface area contributed by atoms with E-state index in [2.05, 4.69) is 24.1 Å². The smallest absolute Gasteiger partial charge is 0.273 e. The minimum atomic E-state index is -0.252. The molecule has 0 aromatic carbocycles. The van der Waals surface area contributed by atoms with Crippen LogP contribution in [0.1, 0.15) is 113 Å². The van der Waals surface area contributed by atoms with Crippen molar-refractivity contribution in [3.05, 3.63) is 17.8 Å². The summed E-state index contributed by atoms with van der Waals surface area (Å²) in [5.41, 5.74) is 6.46. The minimum Gasteiger partial charge on any atom is -0.446 e. The minimum absolute atomic E-state index is 0.131. The SMILES string of the molecule is CC(C)CC(N)c1nc(C(=O)NC2CCCCCCCCCCC2)co1. The molecule has 1 aliphatic carbocycles. The Hall–Kier alpha value is -1.36. The summed E-state index contributed by atoms with van der Waals surface area (Å²) in [5.74, 6) is 0.793. The van der Waals surface area contributed by atoms with Crippen molar-refractivity contribution in [3.63, 3.8) is 0 Å². The largest absolute Gasteiger partial charge is 0.446 e. The first kappa shape index (κ1) is 20.9. The number of oxazole rings is 1. The van der Waals surface area contributed by atoms with Gasteiger partial charge < -0.3 is 15.5 Å². The average molecular weight is 364 g/mol. The topological polar surface area (TPSA) is 81.1 Å². The number of carbonyl (C=O) groups excluding carboxylic acids is 1. The van der Waals surface area contributed by atoms with Crippen LogP contribution < -0.4 is 11.1 Å². The molecule has 1 atom stereocenters. The molecule has 5 nitrogen and oxygen atoms in total. The number of hydrogen-bond acceptors (Lipinski definition) is 4. The van der Waals surface area contributed by atoms with Crippen LogP contribution in [0.5, 0.6) is 0 Å². The van der Waals surface area contributed by atoms with E-state index in [0.717, 1.165) is 19.3 Å². The van der Waals surface area contributed by atoms with Crippen molar-refractivity contribution < 1.29 is 9.21 Å². The number of amides is 1. The molecule has 1 fully saturated rings. The van der Waals surface area contributed by atoms with Crippen LogP contribution >= 0.6 is 0 Å². The summed E-state index contributed by atoms with van der Waals surface area (Å²) in [6.07, 6.45) is 16.0. The highest BCUT2D eigenvalue weighted by atomic mass is 16.3. The summed E-state index contributed by atoms with van der Waals surface area (Å²) in [6, 6.07) is -0.00990.